The van der Waals surface area contributed by atoms with Crippen molar-refractivity contribution in [3.05, 3.63) is 63.7 Å². The van der Waals surface area contributed by atoms with Crippen LogP contribution in [0.25, 0.3) is 11.1 Å². The molecule has 0 unspecified atom stereocenters. The molecule has 0 aliphatic carbocycles. The average molecular weight is 315 g/mol. The van der Waals surface area contributed by atoms with Crippen molar-refractivity contribution < 1.29 is 13.6 Å². The fraction of sp³-hybridized carbons (Fsp3) is 0.188. The molecular formula is C16H14FN3O3. The minimum absolute atomic E-state index is 0.137. The normalized spacial score (nSPS) is 10.9. The van der Waals surface area contributed by atoms with E-state index < -0.39 is 5.91 Å². The van der Waals surface area contributed by atoms with Gasteiger partial charge in [-0.15, -0.1) is 0 Å². The van der Waals surface area contributed by atoms with Gasteiger partial charge < -0.3 is 14.3 Å². The summed E-state index contributed by atoms with van der Waals surface area (Å²) >= 11 is 0. The maximum atomic E-state index is 12.9. The van der Waals surface area contributed by atoms with E-state index in [1.165, 1.54) is 23.0 Å². The van der Waals surface area contributed by atoms with Crippen molar-refractivity contribution >= 4 is 17.0 Å². The molecule has 1 aromatic carbocycles. The maximum Gasteiger partial charge on any atom is 0.265 e. The maximum absolute atomic E-state index is 12.9. The van der Waals surface area contributed by atoms with Gasteiger partial charge in [-0.1, -0.05) is 12.1 Å². The number of benzene rings is 1. The van der Waals surface area contributed by atoms with Crippen molar-refractivity contribution in [1.82, 2.24) is 14.9 Å². The van der Waals surface area contributed by atoms with Gasteiger partial charge in [0.2, 0.25) is 5.71 Å². The lowest BCUT2D eigenvalue weighted by Gasteiger charge is -2.05. The number of amides is 1. The zero-order chi connectivity index (χ0) is 16.6. The van der Waals surface area contributed by atoms with E-state index in [2.05, 4.69) is 10.3 Å². The molecular weight excluding hydrogens is 301 g/mol. The molecule has 0 aliphatic heterocycles. The summed E-state index contributed by atoms with van der Waals surface area (Å²) in [5.74, 6) is -0.450. The Bertz CT molecular complexity index is 942. The van der Waals surface area contributed by atoms with Gasteiger partial charge in [0, 0.05) is 13.6 Å². The van der Waals surface area contributed by atoms with E-state index in [9.17, 15) is 14.0 Å². The molecule has 1 amide bonds. The van der Waals surface area contributed by atoms with Gasteiger partial charge in [0.15, 0.2) is 0 Å². The minimum Gasteiger partial charge on any atom is -0.442 e. The number of halogens is 1. The van der Waals surface area contributed by atoms with Gasteiger partial charge in [-0.3, -0.25) is 9.59 Å². The first-order valence-corrected chi connectivity index (χ1v) is 6.94. The van der Waals surface area contributed by atoms with Crippen LogP contribution < -0.4 is 10.9 Å². The first-order chi connectivity index (χ1) is 11.0. The quantitative estimate of drug-likeness (QED) is 0.801. The van der Waals surface area contributed by atoms with Gasteiger partial charge >= 0.3 is 0 Å². The smallest absolute Gasteiger partial charge is 0.265 e. The second kappa shape index (κ2) is 5.68. The number of carbonyl (C=O) groups is 1. The highest BCUT2D eigenvalue weighted by molar-refractivity contribution is 6.06. The molecule has 0 bridgehead atoms. The van der Waals surface area contributed by atoms with E-state index >= 15 is 0 Å². The molecule has 0 spiro atoms. The molecule has 7 heteroatoms. The minimum atomic E-state index is -0.435. The molecule has 0 radical (unpaired) electrons. The Morgan fingerprint density at radius 2 is 2.04 bits per heavy atom. The zero-order valence-corrected chi connectivity index (χ0v) is 12.6. The van der Waals surface area contributed by atoms with Crippen molar-refractivity contribution in [2.75, 3.05) is 0 Å². The number of aromatic nitrogens is 2. The Kier molecular flexibility index (Phi) is 3.69. The second-order valence-corrected chi connectivity index (χ2v) is 5.18. The third kappa shape index (κ3) is 2.73. The average Bonchev–Trinajstić information content (AvgIpc) is 2.87. The Morgan fingerprint density at radius 3 is 2.74 bits per heavy atom. The third-order valence-corrected chi connectivity index (χ3v) is 3.54. The van der Waals surface area contributed by atoms with E-state index in [0.717, 1.165) is 5.56 Å². The summed E-state index contributed by atoms with van der Waals surface area (Å²) < 4.78 is 19.5. The Morgan fingerprint density at radius 1 is 1.35 bits per heavy atom. The zero-order valence-electron chi connectivity index (χ0n) is 12.6. The molecule has 1 N–H and O–H groups in total. The summed E-state index contributed by atoms with van der Waals surface area (Å²) in [6.07, 6.45) is 1.34. The lowest BCUT2D eigenvalue weighted by atomic mass is 10.1. The first kappa shape index (κ1) is 15.0. The summed E-state index contributed by atoms with van der Waals surface area (Å²) in [6.45, 7) is 1.82. The van der Waals surface area contributed by atoms with Gasteiger partial charge in [0.25, 0.3) is 11.5 Å². The van der Waals surface area contributed by atoms with Crippen molar-refractivity contribution in [2.45, 2.75) is 13.5 Å². The molecule has 0 atom stereocenters. The highest BCUT2D eigenvalue weighted by Crippen LogP contribution is 2.20. The van der Waals surface area contributed by atoms with Crippen LogP contribution in [0.3, 0.4) is 0 Å². The van der Waals surface area contributed by atoms with E-state index in [4.69, 9.17) is 4.42 Å². The number of rotatable bonds is 3. The van der Waals surface area contributed by atoms with Gasteiger partial charge in [-0.25, -0.2) is 9.37 Å². The van der Waals surface area contributed by atoms with Gasteiger partial charge in [0.1, 0.15) is 23.3 Å². The molecule has 2 heterocycles. The Balaban J connectivity index is 1.92. The highest BCUT2D eigenvalue weighted by Gasteiger charge is 2.22. The highest BCUT2D eigenvalue weighted by atomic mass is 19.1. The van der Waals surface area contributed by atoms with Gasteiger partial charge in [0.05, 0.1) is 5.56 Å². The molecule has 23 heavy (non-hydrogen) atoms. The van der Waals surface area contributed by atoms with Crippen LogP contribution in [0.5, 0.6) is 0 Å². The monoisotopic (exact) mass is 315 g/mol. The van der Waals surface area contributed by atoms with E-state index in [1.807, 2.05) is 0 Å². The summed E-state index contributed by atoms with van der Waals surface area (Å²) in [5, 5.41) is 2.86. The number of fused-ring (bicyclic) bond motifs is 1. The summed E-state index contributed by atoms with van der Waals surface area (Å²) in [4.78, 5) is 28.7. The molecule has 3 rings (SSSR count). The lowest BCUT2D eigenvalue weighted by Crippen LogP contribution is -2.25. The number of aryl methyl sites for hydroxylation is 2. The van der Waals surface area contributed by atoms with E-state index in [0.29, 0.717) is 5.76 Å². The van der Waals surface area contributed by atoms with Crippen LogP contribution in [0.2, 0.25) is 0 Å². The van der Waals surface area contributed by atoms with Crippen LogP contribution in [0.4, 0.5) is 4.39 Å². The predicted octanol–water partition coefficient (Wildman–Crippen LogP) is 1.90. The number of nitrogens with one attached hydrogen (secondary N) is 1. The van der Waals surface area contributed by atoms with Crippen LogP contribution in [0, 0.1) is 12.7 Å². The van der Waals surface area contributed by atoms with Crippen LogP contribution in [0.1, 0.15) is 21.7 Å². The van der Waals surface area contributed by atoms with Crippen LogP contribution in [0.15, 0.2) is 39.8 Å². The standard InChI is InChI=1S/C16H14FN3O3/c1-9-12(13-15(23-9)19-8-20(2)16(13)22)14(21)18-7-10-3-5-11(17)6-4-10/h3-6,8H,7H2,1-2H3,(H,18,21). The molecule has 0 aliphatic rings. The van der Waals surface area contributed by atoms with E-state index in [1.54, 1.807) is 26.1 Å². The molecule has 2 aromatic heterocycles. The third-order valence-electron chi connectivity index (χ3n) is 3.54. The number of hydrogen-bond acceptors (Lipinski definition) is 4. The molecule has 6 nitrogen and oxygen atoms in total. The number of carbonyl (C=O) groups excluding carboxylic acids is 1. The Hall–Kier alpha value is -2.96. The van der Waals surface area contributed by atoms with Crippen molar-refractivity contribution in [1.29, 1.82) is 0 Å². The van der Waals surface area contributed by atoms with Crippen molar-refractivity contribution in [3.8, 4) is 0 Å². The van der Waals surface area contributed by atoms with E-state index in [-0.39, 0.29) is 34.6 Å². The van der Waals surface area contributed by atoms with Gasteiger partial charge in [-0.05, 0) is 24.6 Å². The predicted molar refractivity (Wildman–Crippen MR) is 81.6 cm³/mol. The molecule has 0 saturated carbocycles. The van der Waals surface area contributed by atoms with Gasteiger partial charge in [-0.2, -0.15) is 0 Å². The molecule has 118 valence electrons. The number of furan rings is 1. The largest absolute Gasteiger partial charge is 0.442 e. The lowest BCUT2D eigenvalue weighted by molar-refractivity contribution is 0.0950. The molecule has 3 aromatic rings. The summed E-state index contributed by atoms with van der Waals surface area (Å²) in [5.41, 5.74) is 0.711. The SMILES string of the molecule is Cc1oc2ncn(C)c(=O)c2c1C(=O)NCc1ccc(F)cc1. The van der Waals surface area contributed by atoms with Crippen LogP contribution in [-0.2, 0) is 13.6 Å². The summed E-state index contributed by atoms with van der Waals surface area (Å²) in [6, 6.07) is 5.80. The summed E-state index contributed by atoms with van der Waals surface area (Å²) in [7, 11) is 1.55. The fourth-order valence-electron chi connectivity index (χ4n) is 2.33. The number of nitrogens with zero attached hydrogens (tertiary/aromatic N) is 2. The first-order valence-electron chi connectivity index (χ1n) is 6.94. The van der Waals surface area contributed by atoms with Crippen molar-refractivity contribution in [3.63, 3.8) is 0 Å². The fourth-order valence-corrected chi connectivity index (χ4v) is 2.33. The molecule has 0 fully saturated rings. The Labute approximate surface area is 130 Å². The van der Waals surface area contributed by atoms with Crippen LogP contribution >= 0.6 is 0 Å². The topological polar surface area (TPSA) is 77.1 Å². The second-order valence-electron chi connectivity index (χ2n) is 5.18. The van der Waals surface area contributed by atoms with Crippen LogP contribution in [-0.4, -0.2) is 15.5 Å². The number of hydrogen-bond donors (Lipinski definition) is 1. The van der Waals surface area contributed by atoms with Crippen molar-refractivity contribution in [2.24, 2.45) is 7.05 Å². The molecule has 0 saturated heterocycles.